The quantitative estimate of drug-likeness (QED) is 0.386. The molecule has 3 aliphatic rings. The number of methoxy groups -OCH3 is 1. The lowest BCUT2D eigenvalue weighted by atomic mass is 9.85. The van der Waals surface area contributed by atoms with Crippen molar-refractivity contribution in [2.75, 3.05) is 38.7 Å². The average molecular weight is 556 g/mol. The van der Waals surface area contributed by atoms with E-state index in [1.807, 2.05) is 18.7 Å². The number of hydrogen-bond donors (Lipinski definition) is 2. The van der Waals surface area contributed by atoms with E-state index in [1.54, 1.807) is 7.11 Å². The van der Waals surface area contributed by atoms with Gasteiger partial charge in [0.25, 0.3) is 0 Å². The number of carbonyl (C=O) groups is 1. The van der Waals surface area contributed by atoms with Gasteiger partial charge in [-0.2, -0.15) is 0 Å². The molecule has 0 unspecified atom stereocenters. The molecule has 1 fully saturated rings. The number of halogens is 1. The molecule has 3 atom stereocenters. The number of fused-ring (bicyclic) bond motifs is 2. The fourth-order valence-corrected chi connectivity index (χ4v) is 6.13. The van der Waals surface area contributed by atoms with Crippen LogP contribution in [0.4, 0.5) is 10.2 Å². The molecule has 1 aromatic carbocycles. The molecule has 218 valence electrons. The Bertz CT molecular complexity index is 1210. The topological polar surface area (TPSA) is 93.2 Å². The number of aliphatic carboxylic acids is 1. The second-order valence-electron chi connectivity index (χ2n) is 11.8. The molecule has 8 nitrogen and oxygen atoms in total. The Labute approximate surface area is 236 Å². The first-order valence-electron chi connectivity index (χ1n) is 14.5. The van der Waals surface area contributed by atoms with Crippen molar-refractivity contribution in [3.05, 3.63) is 58.0 Å². The number of rotatable bonds is 11. The van der Waals surface area contributed by atoms with Crippen molar-refractivity contribution in [1.29, 1.82) is 0 Å². The molecule has 0 radical (unpaired) electrons. The Hall–Kier alpha value is -2.59. The van der Waals surface area contributed by atoms with Crippen molar-refractivity contribution in [3.8, 4) is 0 Å². The number of aromatic nitrogens is 1. The highest BCUT2D eigenvalue weighted by molar-refractivity contribution is 5.76. The van der Waals surface area contributed by atoms with Crippen LogP contribution in [0.25, 0.3) is 0 Å². The number of unbranched alkanes of at least 4 members (excludes halogenated alkanes) is 1. The Balaban J connectivity index is 1.17. The highest BCUT2D eigenvalue weighted by Gasteiger charge is 2.40. The first-order valence-corrected chi connectivity index (χ1v) is 14.5. The largest absolute Gasteiger partial charge is 0.480 e. The molecule has 3 aliphatic heterocycles. The van der Waals surface area contributed by atoms with Gasteiger partial charge in [-0.1, -0.05) is 6.07 Å². The first kappa shape index (κ1) is 28.9. The Kier molecular flexibility index (Phi) is 9.05. The molecule has 0 spiro atoms. The summed E-state index contributed by atoms with van der Waals surface area (Å²) in [4.78, 5) is 19.3. The molecule has 4 heterocycles. The van der Waals surface area contributed by atoms with E-state index in [-0.39, 0.29) is 18.8 Å². The van der Waals surface area contributed by atoms with Gasteiger partial charge in [-0.05, 0) is 92.8 Å². The van der Waals surface area contributed by atoms with E-state index in [2.05, 4.69) is 17.4 Å². The molecule has 2 N–H and O–H groups in total. The van der Waals surface area contributed by atoms with Crippen LogP contribution in [0.1, 0.15) is 73.5 Å². The lowest BCUT2D eigenvalue weighted by Crippen LogP contribution is -2.44. The highest BCUT2D eigenvalue weighted by atomic mass is 19.1. The number of hydrogen-bond acceptors (Lipinski definition) is 7. The summed E-state index contributed by atoms with van der Waals surface area (Å²) in [6.07, 6.45) is 5.98. The van der Waals surface area contributed by atoms with E-state index in [4.69, 9.17) is 19.2 Å². The van der Waals surface area contributed by atoms with Gasteiger partial charge in [0.15, 0.2) is 0 Å². The number of ether oxygens (including phenoxy) is 3. The van der Waals surface area contributed by atoms with Crippen LogP contribution in [-0.4, -0.2) is 72.1 Å². The number of nitrogens with one attached hydrogen (secondary N) is 1. The summed E-state index contributed by atoms with van der Waals surface area (Å²) in [7, 11) is 1.64. The minimum absolute atomic E-state index is 0.0409. The van der Waals surface area contributed by atoms with E-state index in [9.17, 15) is 14.3 Å². The summed E-state index contributed by atoms with van der Waals surface area (Å²) >= 11 is 0. The second-order valence-corrected chi connectivity index (χ2v) is 11.8. The highest BCUT2D eigenvalue weighted by Crippen LogP contribution is 2.36. The third kappa shape index (κ3) is 6.48. The molecule has 0 amide bonds. The summed E-state index contributed by atoms with van der Waals surface area (Å²) in [5.41, 5.74) is 3.92. The smallest absolute Gasteiger partial charge is 0.325 e. The normalized spacial score (nSPS) is 21.9. The van der Waals surface area contributed by atoms with Crippen molar-refractivity contribution in [3.63, 3.8) is 0 Å². The van der Waals surface area contributed by atoms with Gasteiger partial charge < -0.3 is 24.6 Å². The van der Waals surface area contributed by atoms with Crippen molar-refractivity contribution in [2.45, 2.75) is 89.3 Å². The van der Waals surface area contributed by atoms with E-state index in [0.717, 1.165) is 62.1 Å². The molecular weight excluding hydrogens is 513 g/mol. The number of benzene rings is 1. The van der Waals surface area contributed by atoms with Crippen LogP contribution in [0.5, 0.6) is 0 Å². The summed E-state index contributed by atoms with van der Waals surface area (Å²) in [5, 5.41) is 13.7. The summed E-state index contributed by atoms with van der Waals surface area (Å²) in [6, 6.07) is 6.22. The van der Waals surface area contributed by atoms with Gasteiger partial charge in [0.1, 0.15) is 17.7 Å². The minimum atomic E-state index is -0.977. The summed E-state index contributed by atoms with van der Waals surface area (Å²) in [5.74, 6) is -0.386. The lowest BCUT2D eigenvalue weighted by molar-refractivity contribution is -0.143. The molecule has 40 heavy (non-hydrogen) atoms. The van der Waals surface area contributed by atoms with Crippen molar-refractivity contribution in [2.24, 2.45) is 0 Å². The van der Waals surface area contributed by atoms with Crippen LogP contribution in [0, 0.1) is 5.82 Å². The maximum Gasteiger partial charge on any atom is 0.325 e. The number of carboxylic acids is 1. The fraction of sp³-hybridized carbons (Fsp3) is 0.613. The van der Waals surface area contributed by atoms with Crippen LogP contribution in [0.3, 0.4) is 0 Å². The molecular formula is C31H42FN3O5. The third-order valence-corrected chi connectivity index (χ3v) is 8.68. The van der Waals surface area contributed by atoms with Crippen LogP contribution in [0.15, 0.2) is 24.3 Å². The van der Waals surface area contributed by atoms with Gasteiger partial charge in [0, 0.05) is 45.5 Å². The number of likely N-dealkylation sites (tertiary alicyclic amines) is 1. The van der Waals surface area contributed by atoms with Gasteiger partial charge in [-0.15, -0.1) is 0 Å². The Morgan fingerprint density at radius 1 is 1.30 bits per heavy atom. The maximum atomic E-state index is 14.7. The SMILES string of the molecule is COC(C)(C)[C@@H]1Cc2c(cc(F)cc2[C@@H](C(=O)O)N2CC[C@@H](OCCCCc3ccc4c(n3)NCCC4)C2)CO1. The first-order chi connectivity index (χ1) is 19.2. The third-order valence-electron chi connectivity index (χ3n) is 8.68. The van der Waals surface area contributed by atoms with E-state index in [1.165, 1.54) is 17.7 Å². The van der Waals surface area contributed by atoms with Gasteiger partial charge in [-0.25, -0.2) is 9.37 Å². The number of anilines is 1. The molecule has 0 bridgehead atoms. The monoisotopic (exact) mass is 555 g/mol. The van der Waals surface area contributed by atoms with Gasteiger partial charge in [0.2, 0.25) is 0 Å². The summed E-state index contributed by atoms with van der Waals surface area (Å²) in [6.45, 7) is 6.83. The molecule has 9 heteroatoms. The molecule has 1 saturated heterocycles. The average Bonchev–Trinajstić information content (AvgIpc) is 3.40. The molecule has 5 rings (SSSR count). The molecule has 2 aromatic rings. The van der Waals surface area contributed by atoms with Gasteiger partial charge in [0.05, 0.1) is 24.4 Å². The molecule has 0 saturated carbocycles. The zero-order valence-corrected chi connectivity index (χ0v) is 23.9. The minimum Gasteiger partial charge on any atom is -0.480 e. The predicted octanol–water partition coefficient (Wildman–Crippen LogP) is 4.68. The zero-order chi connectivity index (χ0) is 28.3. The maximum absolute atomic E-state index is 14.7. The van der Waals surface area contributed by atoms with Crippen LogP contribution < -0.4 is 5.32 Å². The van der Waals surface area contributed by atoms with Crippen LogP contribution in [-0.2, 0) is 44.9 Å². The van der Waals surface area contributed by atoms with Crippen molar-refractivity contribution < 1.29 is 28.5 Å². The lowest BCUT2D eigenvalue weighted by Gasteiger charge is -2.38. The van der Waals surface area contributed by atoms with Gasteiger partial charge in [-0.3, -0.25) is 9.69 Å². The Morgan fingerprint density at radius 2 is 2.15 bits per heavy atom. The predicted molar refractivity (Wildman–Crippen MR) is 150 cm³/mol. The number of carboxylic acid groups (broad SMARTS) is 1. The molecule has 1 aromatic heterocycles. The van der Waals surface area contributed by atoms with Crippen LogP contribution >= 0.6 is 0 Å². The number of nitrogens with zero attached hydrogens (tertiary/aromatic N) is 2. The van der Waals surface area contributed by atoms with Crippen molar-refractivity contribution >= 4 is 11.8 Å². The van der Waals surface area contributed by atoms with E-state index < -0.39 is 23.4 Å². The van der Waals surface area contributed by atoms with E-state index in [0.29, 0.717) is 37.2 Å². The van der Waals surface area contributed by atoms with Gasteiger partial charge >= 0.3 is 5.97 Å². The number of pyridine rings is 1. The summed E-state index contributed by atoms with van der Waals surface area (Å²) < 4.78 is 32.4. The zero-order valence-electron chi connectivity index (χ0n) is 23.9. The standard InChI is InChI=1S/C31H42FN3O5/c1-31(2,38-3)27-17-25-21(19-40-27)15-22(32)16-26(25)28(30(36)37)35-13-11-24(18-35)39-14-5-4-8-23-10-9-20-7-6-12-33-29(20)34-23/h9-10,15-16,24,27-28H,4-8,11-14,17-19H2,1-3H3,(H,33,34)(H,36,37)/t24-,27+,28+/m1/s1. The van der Waals surface area contributed by atoms with E-state index >= 15 is 0 Å². The number of aryl methyl sites for hydroxylation is 2. The second kappa shape index (κ2) is 12.5. The Morgan fingerprint density at radius 3 is 2.95 bits per heavy atom. The molecule has 0 aliphatic carbocycles. The van der Waals surface area contributed by atoms with Crippen LogP contribution in [0.2, 0.25) is 0 Å². The fourth-order valence-electron chi connectivity index (χ4n) is 6.13. The van der Waals surface area contributed by atoms with Crippen molar-refractivity contribution in [1.82, 2.24) is 9.88 Å².